The maximum Gasteiger partial charge on any atom is 0.355 e. The van der Waals surface area contributed by atoms with Gasteiger partial charge in [-0.15, -0.1) is 11.8 Å². The van der Waals surface area contributed by atoms with Crippen molar-refractivity contribution in [2.24, 2.45) is 4.99 Å². The molecule has 23 heavy (non-hydrogen) atoms. The van der Waals surface area contributed by atoms with Crippen LogP contribution in [0.5, 0.6) is 0 Å². The second-order valence-electron chi connectivity index (χ2n) is 6.82. The molecule has 2 N–H and O–H groups in total. The Labute approximate surface area is 139 Å². The number of amides is 1. The van der Waals surface area contributed by atoms with E-state index in [1.54, 1.807) is 16.7 Å². The molecule has 0 aromatic heterocycles. The highest BCUT2D eigenvalue weighted by atomic mass is 32.2. The van der Waals surface area contributed by atoms with E-state index in [4.69, 9.17) is 4.74 Å². The van der Waals surface area contributed by atoms with Crippen LogP contribution < -0.4 is 10.6 Å². The number of guanidine groups is 1. The number of rotatable bonds is 2. The number of carbonyl (C=O) groups excluding carboxylic acids is 2. The smallest absolute Gasteiger partial charge is 0.355 e. The van der Waals surface area contributed by atoms with Crippen molar-refractivity contribution in [1.29, 1.82) is 0 Å². The van der Waals surface area contributed by atoms with Gasteiger partial charge in [0.1, 0.15) is 22.7 Å². The summed E-state index contributed by atoms with van der Waals surface area (Å²) < 4.78 is 5.46. The van der Waals surface area contributed by atoms with E-state index in [0.29, 0.717) is 24.0 Å². The summed E-state index contributed by atoms with van der Waals surface area (Å²) in [6.45, 7) is 8.84. The number of nitrogens with one attached hydrogen (secondary N) is 2. The summed E-state index contributed by atoms with van der Waals surface area (Å²) in [5.74, 6) is 0.831. The molecule has 1 saturated heterocycles. The third-order valence-corrected chi connectivity index (χ3v) is 5.14. The predicted octanol–water partition coefficient (Wildman–Crippen LogP) is 0.435. The first-order chi connectivity index (χ1) is 10.8. The van der Waals surface area contributed by atoms with Gasteiger partial charge in [-0.05, 0) is 33.3 Å². The molecule has 7 nitrogen and oxygen atoms in total. The van der Waals surface area contributed by atoms with Crippen molar-refractivity contribution >= 4 is 29.6 Å². The molecular formula is C15H22N4O3S. The third kappa shape index (κ3) is 3.04. The lowest BCUT2D eigenvalue weighted by Crippen LogP contribution is -2.71. The van der Waals surface area contributed by atoms with Gasteiger partial charge in [-0.2, -0.15) is 0 Å². The summed E-state index contributed by atoms with van der Waals surface area (Å²) in [4.78, 5) is 30.8. The second-order valence-corrected chi connectivity index (χ2v) is 7.92. The quantitative estimate of drug-likeness (QED) is 0.561. The van der Waals surface area contributed by atoms with Crippen LogP contribution in [-0.2, 0) is 14.3 Å². The van der Waals surface area contributed by atoms with E-state index in [0.717, 1.165) is 12.1 Å². The molecule has 3 aliphatic heterocycles. The molecule has 1 fully saturated rings. The molecule has 0 aromatic carbocycles. The lowest BCUT2D eigenvalue weighted by Gasteiger charge is -2.49. The van der Waals surface area contributed by atoms with Gasteiger partial charge in [-0.3, -0.25) is 14.7 Å². The average molecular weight is 338 g/mol. The fraction of sp³-hybridized carbons (Fsp3) is 0.667. The number of fused-ring (bicyclic) bond motifs is 1. The Bertz CT molecular complexity index is 608. The predicted molar refractivity (Wildman–Crippen MR) is 88.9 cm³/mol. The van der Waals surface area contributed by atoms with E-state index in [9.17, 15) is 9.59 Å². The molecule has 0 saturated carbocycles. The zero-order chi connectivity index (χ0) is 16.8. The van der Waals surface area contributed by atoms with Crippen LogP contribution in [0.2, 0.25) is 0 Å². The summed E-state index contributed by atoms with van der Waals surface area (Å²) in [6.07, 6.45) is 0. The van der Waals surface area contributed by atoms with Crippen LogP contribution in [0.15, 0.2) is 16.3 Å². The summed E-state index contributed by atoms with van der Waals surface area (Å²) in [6, 6.07) is -0.352. The number of nitrogens with zero attached hydrogens (tertiary/aromatic N) is 2. The second kappa shape index (κ2) is 5.74. The molecule has 0 aromatic rings. The minimum atomic E-state index is -0.585. The number of hydrogen-bond donors (Lipinski definition) is 2. The third-order valence-electron chi connectivity index (χ3n) is 3.72. The zero-order valence-electron chi connectivity index (χ0n) is 13.8. The van der Waals surface area contributed by atoms with Crippen molar-refractivity contribution in [1.82, 2.24) is 15.5 Å². The highest BCUT2D eigenvalue weighted by Crippen LogP contribution is 2.40. The van der Waals surface area contributed by atoms with Crippen LogP contribution in [0, 0.1) is 0 Å². The molecule has 0 unspecified atom stereocenters. The molecule has 0 bridgehead atoms. The summed E-state index contributed by atoms with van der Waals surface area (Å²) in [7, 11) is 0. The van der Waals surface area contributed by atoms with Crippen LogP contribution in [0.25, 0.3) is 0 Å². The highest BCUT2D eigenvalue weighted by Gasteiger charge is 2.54. The van der Waals surface area contributed by atoms with Crippen LogP contribution in [0.3, 0.4) is 0 Å². The van der Waals surface area contributed by atoms with Gasteiger partial charge in [0.2, 0.25) is 0 Å². The van der Waals surface area contributed by atoms with Crippen molar-refractivity contribution in [3.63, 3.8) is 0 Å². The van der Waals surface area contributed by atoms with Gasteiger partial charge < -0.3 is 15.4 Å². The van der Waals surface area contributed by atoms with E-state index < -0.39 is 11.6 Å². The van der Waals surface area contributed by atoms with Crippen molar-refractivity contribution in [3.05, 3.63) is 11.3 Å². The maximum atomic E-state index is 12.5. The number of hydrogen-bond acceptors (Lipinski definition) is 7. The molecule has 3 rings (SSSR count). The first-order valence-corrected chi connectivity index (χ1v) is 8.75. The Morgan fingerprint density at radius 3 is 2.83 bits per heavy atom. The molecule has 2 atom stereocenters. The summed E-state index contributed by atoms with van der Waals surface area (Å²) in [5.41, 5.74) is 0.690. The van der Waals surface area contributed by atoms with E-state index >= 15 is 0 Å². The van der Waals surface area contributed by atoms with E-state index in [1.165, 1.54) is 0 Å². The number of thioether (sulfide) groups is 1. The Morgan fingerprint density at radius 1 is 1.48 bits per heavy atom. The molecule has 3 aliphatic rings. The SMILES string of the molecule is CC1=C(C(=O)OC(C)(C)C)N2C(=O)[C@@H](NC3=NCCN3)[C@H]2SC1. The van der Waals surface area contributed by atoms with Gasteiger partial charge in [-0.25, -0.2) is 4.79 Å². The molecule has 0 radical (unpaired) electrons. The molecule has 126 valence electrons. The fourth-order valence-electron chi connectivity index (χ4n) is 2.73. The number of ether oxygens (including phenoxy) is 1. The fourth-order valence-corrected chi connectivity index (χ4v) is 4.02. The largest absolute Gasteiger partial charge is 0.455 e. The van der Waals surface area contributed by atoms with Gasteiger partial charge in [0, 0.05) is 12.3 Å². The lowest BCUT2D eigenvalue weighted by molar-refractivity contribution is -0.158. The van der Waals surface area contributed by atoms with Crippen LogP contribution in [-0.4, -0.2) is 58.6 Å². The van der Waals surface area contributed by atoms with Crippen LogP contribution in [0.1, 0.15) is 27.7 Å². The van der Waals surface area contributed by atoms with E-state index in [1.807, 2.05) is 27.7 Å². The monoisotopic (exact) mass is 338 g/mol. The highest BCUT2D eigenvalue weighted by molar-refractivity contribution is 8.00. The molecule has 0 aliphatic carbocycles. The Morgan fingerprint density at radius 2 is 2.22 bits per heavy atom. The van der Waals surface area contributed by atoms with E-state index in [-0.39, 0.29) is 17.3 Å². The van der Waals surface area contributed by atoms with Gasteiger partial charge in [0.05, 0.1) is 6.54 Å². The minimum absolute atomic E-state index is 0.0983. The minimum Gasteiger partial charge on any atom is -0.455 e. The molecular weight excluding hydrogens is 316 g/mol. The van der Waals surface area contributed by atoms with Crippen molar-refractivity contribution in [2.45, 2.75) is 44.7 Å². The maximum absolute atomic E-state index is 12.5. The Balaban J connectivity index is 1.75. The topological polar surface area (TPSA) is 83.0 Å². The number of aliphatic imine (C=N–C) groups is 1. The number of β-lactam (4-membered cyclic amide) rings is 1. The number of carbonyl (C=O) groups is 2. The van der Waals surface area contributed by atoms with Crippen molar-refractivity contribution in [2.75, 3.05) is 18.8 Å². The van der Waals surface area contributed by atoms with Crippen LogP contribution in [0.4, 0.5) is 0 Å². The molecule has 8 heteroatoms. The summed E-state index contributed by atoms with van der Waals surface area (Å²) in [5, 5.41) is 6.14. The van der Waals surface area contributed by atoms with Gasteiger partial charge in [0.15, 0.2) is 5.96 Å². The lowest BCUT2D eigenvalue weighted by atomic mass is 10.0. The first kappa shape index (κ1) is 16.2. The molecule has 0 spiro atoms. The number of esters is 1. The first-order valence-electron chi connectivity index (χ1n) is 7.70. The normalized spacial score (nSPS) is 27.0. The van der Waals surface area contributed by atoms with Crippen molar-refractivity contribution < 1.29 is 14.3 Å². The summed E-state index contributed by atoms with van der Waals surface area (Å²) >= 11 is 1.65. The van der Waals surface area contributed by atoms with Crippen molar-refractivity contribution in [3.8, 4) is 0 Å². The Hall–Kier alpha value is -1.70. The molecule has 3 heterocycles. The molecule has 1 amide bonds. The average Bonchev–Trinajstić information content (AvgIpc) is 2.95. The Kier molecular flexibility index (Phi) is 4.03. The van der Waals surface area contributed by atoms with Gasteiger partial charge >= 0.3 is 5.97 Å². The van der Waals surface area contributed by atoms with Crippen LogP contribution >= 0.6 is 11.8 Å². The van der Waals surface area contributed by atoms with E-state index in [2.05, 4.69) is 15.6 Å². The standard InChI is InChI=1S/C15H22N4O3S/c1-8-7-23-12-9(18-14-16-5-6-17-14)11(20)19(12)10(8)13(21)22-15(2,3)4/h9,12H,5-7H2,1-4H3,(H2,16,17,18)/t9-,12-/m1/s1. The van der Waals surface area contributed by atoms with Gasteiger partial charge in [-0.1, -0.05) is 0 Å². The van der Waals surface area contributed by atoms with Gasteiger partial charge in [0.25, 0.3) is 5.91 Å². The zero-order valence-corrected chi connectivity index (χ0v) is 14.6.